The predicted molar refractivity (Wildman–Crippen MR) is 101 cm³/mol. The van der Waals surface area contributed by atoms with E-state index in [9.17, 15) is 5.11 Å². The van der Waals surface area contributed by atoms with Gasteiger partial charge >= 0.3 is 0 Å². The van der Waals surface area contributed by atoms with Crippen molar-refractivity contribution in [3.63, 3.8) is 0 Å². The summed E-state index contributed by atoms with van der Waals surface area (Å²) < 4.78 is 0. The summed E-state index contributed by atoms with van der Waals surface area (Å²) in [6, 6.07) is 14.7. The Balaban J connectivity index is 2.32. The van der Waals surface area contributed by atoms with Crippen LogP contribution in [0.25, 0.3) is 0 Å². The predicted octanol–water partition coefficient (Wildman–Crippen LogP) is 4.50. The fraction of sp³-hybridized carbons (Fsp3) is 0.167. The van der Waals surface area contributed by atoms with E-state index in [0.29, 0.717) is 23.2 Å². The second-order valence-corrected chi connectivity index (χ2v) is 6.08. The van der Waals surface area contributed by atoms with E-state index in [1.165, 1.54) is 0 Å². The summed E-state index contributed by atoms with van der Waals surface area (Å²) in [7, 11) is 0. The number of phenols is 1. The van der Waals surface area contributed by atoms with Crippen molar-refractivity contribution in [3.8, 4) is 5.75 Å². The van der Waals surface area contributed by atoms with Gasteiger partial charge in [-0.1, -0.05) is 54.1 Å². The van der Waals surface area contributed by atoms with Crippen molar-refractivity contribution in [2.45, 2.75) is 13.5 Å². The minimum atomic E-state index is 0.229. The van der Waals surface area contributed by atoms with Crippen molar-refractivity contribution in [1.82, 2.24) is 5.32 Å². The molecule has 0 amide bonds. The van der Waals surface area contributed by atoms with Gasteiger partial charge in [-0.2, -0.15) is 0 Å². The van der Waals surface area contributed by atoms with E-state index in [1.807, 2.05) is 48.2 Å². The van der Waals surface area contributed by atoms with Crippen LogP contribution in [0.5, 0.6) is 5.75 Å². The zero-order valence-electron chi connectivity index (χ0n) is 12.9. The molecule has 2 rings (SSSR count). The molecule has 0 saturated carbocycles. The van der Waals surface area contributed by atoms with E-state index in [2.05, 4.69) is 11.9 Å². The van der Waals surface area contributed by atoms with Crippen molar-refractivity contribution in [2.75, 3.05) is 11.4 Å². The van der Waals surface area contributed by atoms with Gasteiger partial charge in [0.15, 0.2) is 5.11 Å². The van der Waals surface area contributed by atoms with Gasteiger partial charge < -0.3 is 15.3 Å². The molecule has 0 radical (unpaired) electrons. The first-order chi connectivity index (χ1) is 11.0. The number of nitrogens with one attached hydrogen (secondary N) is 1. The van der Waals surface area contributed by atoms with Gasteiger partial charge in [-0.3, -0.25) is 0 Å². The van der Waals surface area contributed by atoms with Crippen molar-refractivity contribution < 1.29 is 5.11 Å². The van der Waals surface area contributed by atoms with Crippen LogP contribution in [-0.4, -0.2) is 16.8 Å². The normalized spacial score (nSPS) is 10.2. The number of thiocarbonyl (C=S) groups is 1. The van der Waals surface area contributed by atoms with Crippen LogP contribution in [0.2, 0.25) is 5.02 Å². The second kappa shape index (κ2) is 7.99. The Bertz CT molecular complexity index is 718. The average molecular weight is 347 g/mol. The lowest BCUT2D eigenvalue weighted by Crippen LogP contribution is -2.40. The summed E-state index contributed by atoms with van der Waals surface area (Å²) in [6.45, 7) is 6.80. The zero-order valence-corrected chi connectivity index (χ0v) is 14.5. The van der Waals surface area contributed by atoms with E-state index in [-0.39, 0.29) is 5.75 Å². The molecule has 3 nitrogen and oxygen atoms in total. The van der Waals surface area contributed by atoms with Gasteiger partial charge in [-0.05, 0) is 37.3 Å². The van der Waals surface area contributed by atoms with Gasteiger partial charge in [-0.15, -0.1) is 0 Å². The van der Waals surface area contributed by atoms with Gasteiger partial charge in [0.2, 0.25) is 0 Å². The third-order valence-corrected chi connectivity index (χ3v) is 3.93. The van der Waals surface area contributed by atoms with Crippen molar-refractivity contribution >= 4 is 34.6 Å². The van der Waals surface area contributed by atoms with Gasteiger partial charge in [0.25, 0.3) is 0 Å². The first kappa shape index (κ1) is 17.3. The Morgan fingerprint density at radius 3 is 2.52 bits per heavy atom. The van der Waals surface area contributed by atoms with Crippen molar-refractivity contribution in [1.29, 1.82) is 0 Å². The molecule has 0 saturated heterocycles. The molecule has 0 spiro atoms. The molecule has 0 fully saturated rings. The maximum absolute atomic E-state index is 10.0. The minimum absolute atomic E-state index is 0.229. The molecule has 2 aromatic rings. The van der Waals surface area contributed by atoms with E-state index in [4.69, 9.17) is 23.8 Å². The number of nitrogens with zero attached hydrogens (tertiary/aromatic N) is 1. The van der Waals surface area contributed by atoms with Crippen LogP contribution in [0.1, 0.15) is 12.5 Å². The Morgan fingerprint density at radius 2 is 1.87 bits per heavy atom. The second-order valence-electron chi connectivity index (χ2n) is 5.28. The molecule has 0 heterocycles. The summed E-state index contributed by atoms with van der Waals surface area (Å²) >= 11 is 11.8. The lowest BCUT2D eigenvalue weighted by molar-refractivity contribution is 0.468. The quantitative estimate of drug-likeness (QED) is 0.617. The zero-order chi connectivity index (χ0) is 16.8. The fourth-order valence-electron chi connectivity index (χ4n) is 2.07. The molecule has 2 aromatic carbocycles. The first-order valence-corrected chi connectivity index (χ1v) is 7.99. The van der Waals surface area contributed by atoms with E-state index >= 15 is 0 Å². The number of anilines is 1. The monoisotopic (exact) mass is 346 g/mol. The van der Waals surface area contributed by atoms with Gasteiger partial charge in [0.1, 0.15) is 5.75 Å². The molecule has 0 aliphatic carbocycles. The molecule has 5 heteroatoms. The summed E-state index contributed by atoms with van der Waals surface area (Å²) in [5.74, 6) is 0.229. The van der Waals surface area contributed by atoms with Gasteiger partial charge in [-0.25, -0.2) is 0 Å². The number of benzene rings is 2. The average Bonchev–Trinajstić information content (AvgIpc) is 2.53. The molecule has 0 unspecified atom stereocenters. The van der Waals surface area contributed by atoms with Crippen LogP contribution in [0.4, 0.5) is 5.69 Å². The molecule has 23 heavy (non-hydrogen) atoms. The molecular weight excluding hydrogens is 328 g/mol. The van der Waals surface area contributed by atoms with Crippen LogP contribution >= 0.6 is 23.8 Å². The van der Waals surface area contributed by atoms with Gasteiger partial charge in [0.05, 0.1) is 17.3 Å². The van der Waals surface area contributed by atoms with E-state index in [1.54, 1.807) is 12.1 Å². The maximum Gasteiger partial charge on any atom is 0.174 e. The molecule has 0 atom stereocenters. The van der Waals surface area contributed by atoms with E-state index in [0.717, 1.165) is 16.8 Å². The SMILES string of the molecule is C=C(C)CNC(=S)N(Cc1ccccc1O)c1ccccc1Cl. The topological polar surface area (TPSA) is 35.5 Å². The molecule has 0 aliphatic heterocycles. The smallest absolute Gasteiger partial charge is 0.174 e. The number of phenolic OH excluding ortho intramolecular Hbond substituents is 1. The van der Waals surface area contributed by atoms with Crippen molar-refractivity contribution in [3.05, 3.63) is 71.3 Å². The minimum Gasteiger partial charge on any atom is -0.508 e. The third-order valence-electron chi connectivity index (χ3n) is 3.25. The van der Waals surface area contributed by atoms with Crippen LogP contribution in [-0.2, 0) is 6.54 Å². The maximum atomic E-state index is 10.0. The molecular formula is C18H19ClN2OS. The highest BCUT2D eigenvalue weighted by atomic mass is 35.5. The summed E-state index contributed by atoms with van der Waals surface area (Å²) in [5, 5.41) is 14.3. The van der Waals surface area contributed by atoms with Crippen LogP contribution < -0.4 is 10.2 Å². The summed E-state index contributed by atoms with van der Waals surface area (Å²) in [6.07, 6.45) is 0. The number of halogens is 1. The molecule has 0 aliphatic rings. The number of hydrogen-bond acceptors (Lipinski definition) is 2. The van der Waals surface area contributed by atoms with Gasteiger partial charge in [0, 0.05) is 12.1 Å². The summed E-state index contributed by atoms with van der Waals surface area (Å²) in [4.78, 5) is 1.87. The number of para-hydroxylation sites is 2. The summed E-state index contributed by atoms with van der Waals surface area (Å²) in [5.41, 5.74) is 2.54. The van der Waals surface area contributed by atoms with Crippen LogP contribution in [0.15, 0.2) is 60.7 Å². The highest BCUT2D eigenvalue weighted by molar-refractivity contribution is 7.80. The Morgan fingerprint density at radius 1 is 1.22 bits per heavy atom. The van der Waals surface area contributed by atoms with Crippen LogP contribution in [0.3, 0.4) is 0 Å². The van der Waals surface area contributed by atoms with E-state index < -0.39 is 0 Å². The highest BCUT2D eigenvalue weighted by Gasteiger charge is 2.16. The Hall–Kier alpha value is -2.04. The largest absolute Gasteiger partial charge is 0.508 e. The molecule has 120 valence electrons. The number of hydrogen-bond donors (Lipinski definition) is 2. The lowest BCUT2D eigenvalue weighted by atomic mass is 10.1. The number of rotatable bonds is 5. The van der Waals surface area contributed by atoms with Crippen molar-refractivity contribution in [2.24, 2.45) is 0 Å². The molecule has 2 N–H and O–H groups in total. The lowest BCUT2D eigenvalue weighted by Gasteiger charge is -2.27. The molecule has 0 aromatic heterocycles. The fourth-order valence-corrected chi connectivity index (χ4v) is 2.55. The Kier molecular flexibility index (Phi) is 6.02. The standard InChI is InChI=1S/C18H19ClN2OS/c1-13(2)11-20-18(23)21(16-9-5-4-8-15(16)19)12-14-7-3-6-10-17(14)22/h3-10,22H,1,11-12H2,2H3,(H,20,23). The van der Waals surface area contributed by atoms with Crippen LogP contribution in [0, 0.1) is 0 Å². The third kappa shape index (κ3) is 4.71. The molecule has 0 bridgehead atoms. The Labute approximate surface area is 147 Å². The first-order valence-electron chi connectivity index (χ1n) is 7.20. The highest BCUT2D eigenvalue weighted by Crippen LogP contribution is 2.28. The number of aromatic hydroxyl groups is 1.